The molecule has 2 rings (SSSR count). The second kappa shape index (κ2) is 4.40. The van der Waals surface area contributed by atoms with Crippen molar-refractivity contribution in [1.82, 2.24) is 10.2 Å². The Hall–Kier alpha value is -2.50. The summed E-state index contributed by atoms with van der Waals surface area (Å²) in [4.78, 5) is 10.7. The number of aryl methyl sites for hydroxylation is 1. The number of carboxylic acid groups (broad SMARTS) is 1. The van der Waals surface area contributed by atoms with E-state index in [2.05, 4.69) is 10.2 Å². The first-order valence-electron chi connectivity index (χ1n) is 5.19. The summed E-state index contributed by atoms with van der Waals surface area (Å²) in [6.45, 7) is 1.78. The number of benzene rings is 1. The van der Waals surface area contributed by atoms with E-state index in [1.165, 1.54) is 19.2 Å². The van der Waals surface area contributed by atoms with Gasteiger partial charge >= 0.3 is 5.97 Å². The molecule has 0 aliphatic heterocycles. The number of carbonyl (C=O) groups is 1. The highest BCUT2D eigenvalue weighted by atomic mass is 16.5. The van der Waals surface area contributed by atoms with Crippen LogP contribution in [0, 0.1) is 6.92 Å². The number of aromatic nitrogens is 2. The lowest BCUT2D eigenvalue weighted by molar-refractivity contribution is 0.0690. The van der Waals surface area contributed by atoms with E-state index in [1.54, 1.807) is 13.0 Å². The summed E-state index contributed by atoms with van der Waals surface area (Å²) in [6, 6.07) is 4.65. The summed E-state index contributed by atoms with van der Waals surface area (Å²) in [6.07, 6.45) is 0. The van der Waals surface area contributed by atoms with Crippen LogP contribution in [0.2, 0.25) is 0 Å². The Morgan fingerprint density at radius 1 is 1.39 bits per heavy atom. The number of rotatable bonds is 3. The minimum Gasteiger partial charge on any atom is -0.504 e. The van der Waals surface area contributed by atoms with Gasteiger partial charge in [-0.25, -0.2) is 4.79 Å². The van der Waals surface area contributed by atoms with Crippen molar-refractivity contribution in [1.29, 1.82) is 0 Å². The number of carboxylic acids is 1. The van der Waals surface area contributed by atoms with Crippen molar-refractivity contribution in [3.63, 3.8) is 0 Å². The van der Waals surface area contributed by atoms with Gasteiger partial charge in [0.1, 0.15) is 5.69 Å². The molecule has 0 radical (unpaired) electrons. The fraction of sp³-hybridized carbons (Fsp3) is 0.167. The molecule has 0 amide bonds. The van der Waals surface area contributed by atoms with E-state index in [-0.39, 0.29) is 11.4 Å². The molecule has 6 nitrogen and oxygen atoms in total. The number of aromatic carboxylic acids is 1. The Kier molecular flexibility index (Phi) is 2.93. The molecule has 0 fully saturated rings. The van der Waals surface area contributed by atoms with Crippen LogP contribution in [0.15, 0.2) is 18.2 Å². The van der Waals surface area contributed by atoms with Gasteiger partial charge in [0.05, 0.1) is 12.8 Å². The summed E-state index contributed by atoms with van der Waals surface area (Å²) >= 11 is 0. The third-order valence-electron chi connectivity index (χ3n) is 2.56. The van der Waals surface area contributed by atoms with Crippen LogP contribution >= 0.6 is 0 Å². The summed E-state index contributed by atoms with van der Waals surface area (Å²) in [5, 5.41) is 24.9. The van der Waals surface area contributed by atoms with Crippen molar-refractivity contribution in [3.8, 4) is 22.8 Å². The normalized spacial score (nSPS) is 10.3. The van der Waals surface area contributed by atoms with Crippen molar-refractivity contribution in [2.45, 2.75) is 6.92 Å². The second-order valence-electron chi connectivity index (χ2n) is 3.82. The third-order valence-corrected chi connectivity index (χ3v) is 2.56. The molecular formula is C12H12N2O4. The van der Waals surface area contributed by atoms with Crippen molar-refractivity contribution in [2.75, 3.05) is 7.11 Å². The summed E-state index contributed by atoms with van der Waals surface area (Å²) in [5.41, 5.74) is 1.81. The molecule has 1 aromatic heterocycles. The van der Waals surface area contributed by atoms with Crippen molar-refractivity contribution < 1.29 is 19.7 Å². The lowest BCUT2D eigenvalue weighted by Crippen LogP contribution is -1.95. The van der Waals surface area contributed by atoms with E-state index < -0.39 is 5.97 Å². The molecule has 0 unspecified atom stereocenters. The van der Waals surface area contributed by atoms with Gasteiger partial charge in [0, 0.05) is 5.56 Å². The predicted molar refractivity (Wildman–Crippen MR) is 63.9 cm³/mol. The maximum absolute atomic E-state index is 10.7. The number of hydrogen-bond donors (Lipinski definition) is 3. The van der Waals surface area contributed by atoms with E-state index in [0.717, 1.165) is 5.56 Å². The summed E-state index contributed by atoms with van der Waals surface area (Å²) in [7, 11) is 1.47. The van der Waals surface area contributed by atoms with E-state index in [0.29, 0.717) is 17.0 Å². The third kappa shape index (κ3) is 2.00. The standard InChI is InChI=1S/C12H12N2O4/c1-6-3-7(4-10(15)11(6)18-2)8-5-9(12(16)17)14-13-8/h3-5,15H,1-2H3,(H,13,14)(H,16,17). The predicted octanol–water partition coefficient (Wildman–Crippen LogP) is 1.80. The lowest BCUT2D eigenvalue weighted by Gasteiger charge is -2.08. The van der Waals surface area contributed by atoms with E-state index in [9.17, 15) is 9.90 Å². The zero-order valence-corrected chi connectivity index (χ0v) is 9.89. The zero-order valence-electron chi connectivity index (χ0n) is 9.89. The highest BCUT2D eigenvalue weighted by Crippen LogP contribution is 2.34. The number of nitrogens with one attached hydrogen (secondary N) is 1. The molecular weight excluding hydrogens is 236 g/mol. The fourth-order valence-corrected chi connectivity index (χ4v) is 1.75. The number of ether oxygens (including phenoxy) is 1. The van der Waals surface area contributed by atoms with Gasteiger partial charge in [0.25, 0.3) is 0 Å². The summed E-state index contributed by atoms with van der Waals surface area (Å²) < 4.78 is 5.04. The molecule has 3 N–H and O–H groups in total. The molecule has 0 spiro atoms. The zero-order chi connectivity index (χ0) is 13.3. The molecule has 0 saturated carbocycles. The number of H-pyrrole nitrogens is 1. The lowest BCUT2D eigenvalue weighted by atomic mass is 10.1. The van der Waals surface area contributed by atoms with Crippen LogP contribution in [-0.4, -0.2) is 33.5 Å². The highest BCUT2D eigenvalue weighted by molar-refractivity contribution is 5.87. The molecule has 0 atom stereocenters. The maximum atomic E-state index is 10.7. The van der Waals surface area contributed by atoms with Gasteiger partial charge in [-0.15, -0.1) is 0 Å². The van der Waals surface area contributed by atoms with Crippen molar-refractivity contribution in [2.24, 2.45) is 0 Å². The van der Waals surface area contributed by atoms with Crippen LogP contribution in [0.4, 0.5) is 0 Å². The minimum absolute atomic E-state index is 0.00189. The van der Waals surface area contributed by atoms with Crippen LogP contribution in [0.3, 0.4) is 0 Å². The van der Waals surface area contributed by atoms with E-state index in [4.69, 9.17) is 9.84 Å². The van der Waals surface area contributed by atoms with Gasteiger partial charge in [-0.1, -0.05) is 0 Å². The monoisotopic (exact) mass is 248 g/mol. The Morgan fingerprint density at radius 2 is 2.11 bits per heavy atom. The molecule has 2 aromatic rings. The molecule has 0 saturated heterocycles. The number of hydrogen-bond acceptors (Lipinski definition) is 4. The Morgan fingerprint density at radius 3 is 2.61 bits per heavy atom. The first kappa shape index (κ1) is 12.0. The first-order valence-corrected chi connectivity index (χ1v) is 5.19. The molecule has 1 heterocycles. The maximum Gasteiger partial charge on any atom is 0.353 e. The van der Waals surface area contributed by atoms with Gasteiger partial charge in [0.2, 0.25) is 0 Å². The molecule has 0 aliphatic carbocycles. The first-order chi connectivity index (χ1) is 8.52. The average molecular weight is 248 g/mol. The van der Waals surface area contributed by atoms with E-state index in [1.807, 2.05) is 0 Å². The number of aromatic hydroxyl groups is 1. The molecule has 18 heavy (non-hydrogen) atoms. The van der Waals surface area contributed by atoms with E-state index >= 15 is 0 Å². The number of nitrogens with zero attached hydrogens (tertiary/aromatic N) is 1. The van der Waals surface area contributed by atoms with Crippen LogP contribution in [0.25, 0.3) is 11.3 Å². The minimum atomic E-state index is -1.08. The number of methoxy groups -OCH3 is 1. The second-order valence-corrected chi connectivity index (χ2v) is 3.82. The largest absolute Gasteiger partial charge is 0.504 e. The molecule has 1 aromatic carbocycles. The molecule has 94 valence electrons. The van der Waals surface area contributed by atoms with Crippen LogP contribution in [0.5, 0.6) is 11.5 Å². The quantitative estimate of drug-likeness (QED) is 0.769. The van der Waals surface area contributed by atoms with Crippen LogP contribution in [-0.2, 0) is 0 Å². The number of aromatic amines is 1. The highest BCUT2D eigenvalue weighted by Gasteiger charge is 2.13. The number of phenolic OH excluding ortho intramolecular Hbond substituents is 1. The van der Waals surface area contributed by atoms with Crippen LogP contribution in [0.1, 0.15) is 16.1 Å². The van der Waals surface area contributed by atoms with Gasteiger partial charge in [0.15, 0.2) is 11.5 Å². The van der Waals surface area contributed by atoms with Crippen molar-refractivity contribution >= 4 is 5.97 Å². The van der Waals surface area contributed by atoms with Gasteiger partial charge in [-0.2, -0.15) is 5.10 Å². The van der Waals surface area contributed by atoms with Crippen LogP contribution < -0.4 is 4.74 Å². The summed E-state index contributed by atoms with van der Waals surface area (Å²) in [5.74, 6) is -0.691. The SMILES string of the molecule is COc1c(C)cc(-c2cc(C(=O)O)[nH]n2)cc1O. The molecule has 6 heteroatoms. The smallest absolute Gasteiger partial charge is 0.353 e. The average Bonchev–Trinajstić information content (AvgIpc) is 2.77. The van der Waals surface area contributed by atoms with Gasteiger partial charge < -0.3 is 14.9 Å². The Labute approximate surface area is 103 Å². The topological polar surface area (TPSA) is 95.4 Å². The van der Waals surface area contributed by atoms with Gasteiger partial charge in [-0.3, -0.25) is 5.10 Å². The Balaban J connectivity index is 2.47. The number of phenols is 1. The van der Waals surface area contributed by atoms with Crippen molar-refractivity contribution in [3.05, 3.63) is 29.5 Å². The fourth-order valence-electron chi connectivity index (χ4n) is 1.75. The molecule has 0 bridgehead atoms. The molecule has 0 aliphatic rings. The van der Waals surface area contributed by atoms with Gasteiger partial charge in [-0.05, 0) is 30.7 Å². The Bertz CT molecular complexity index is 581.